The summed E-state index contributed by atoms with van der Waals surface area (Å²) in [6.07, 6.45) is -1.85. The van der Waals surface area contributed by atoms with E-state index in [0.717, 1.165) is 17.3 Å². The molecule has 0 bridgehead atoms. The Morgan fingerprint density at radius 1 is 0.939 bits per heavy atom. The van der Waals surface area contributed by atoms with Crippen molar-refractivity contribution >= 4 is 35.8 Å². The van der Waals surface area contributed by atoms with Crippen molar-refractivity contribution in [2.75, 3.05) is 39.1 Å². The molecule has 1 heterocycles. The zero-order valence-corrected chi connectivity index (χ0v) is 31.1. The van der Waals surface area contributed by atoms with E-state index in [1.807, 2.05) is 26.0 Å². The van der Waals surface area contributed by atoms with Crippen LogP contribution >= 0.6 is 11.8 Å². The average molecular weight is 713 g/mol. The lowest BCUT2D eigenvalue weighted by Crippen LogP contribution is -2.52. The molecule has 1 aliphatic heterocycles. The van der Waals surface area contributed by atoms with E-state index in [1.165, 1.54) is 0 Å². The minimum absolute atomic E-state index is 0.0536. The zero-order valence-electron chi connectivity index (χ0n) is 30.3. The third-order valence-electron chi connectivity index (χ3n) is 6.97. The first-order valence-electron chi connectivity index (χ1n) is 16.5. The Hall–Kier alpha value is -3.27. The monoisotopic (exact) mass is 712 g/mol. The second-order valence-corrected chi connectivity index (χ2v) is 15.6. The van der Waals surface area contributed by atoms with Crippen molar-refractivity contribution in [3.8, 4) is 5.75 Å². The van der Waals surface area contributed by atoms with Crippen LogP contribution in [0.15, 0.2) is 24.3 Å². The van der Waals surface area contributed by atoms with E-state index < -0.39 is 52.7 Å². The fraction of sp³-hybridized carbons (Fsp3) is 0.706. The molecule has 1 saturated heterocycles. The van der Waals surface area contributed by atoms with E-state index in [4.69, 9.17) is 23.7 Å². The standard InChI is InChI=1S/C34H56N4O10S/c1-32(2,3)47-30(42)37-17-10-11-24(38-31(43)48-33(4,5)6)28(41)49-20-19-35-25(39)16-18-36-27(40)26-34(7,8)21-45-29(46-26)22-12-14-23(44-9)15-13-22/h12-15,24,26,28-29,41H,10-11,16-21H2,1-9H3,(H,35,39)(H,36,40)(H,37,42)(H,38,43). The van der Waals surface area contributed by atoms with E-state index in [0.29, 0.717) is 31.0 Å². The van der Waals surface area contributed by atoms with Crippen LogP contribution in [0.25, 0.3) is 0 Å². The molecule has 0 radical (unpaired) electrons. The van der Waals surface area contributed by atoms with Gasteiger partial charge in [0.2, 0.25) is 11.8 Å². The van der Waals surface area contributed by atoms with Crippen molar-refractivity contribution in [2.24, 2.45) is 5.41 Å². The van der Waals surface area contributed by atoms with Gasteiger partial charge in [0.25, 0.3) is 0 Å². The van der Waals surface area contributed by atoms with Gasteiger partial charge in [0.15, 0.2) is 6.29 Å². The molecule has 4 amide bonds. The number of rotatable bonds is 16. The maximum Gasteiger partial charge on any atom is 0.407 e. The molecule has 0 spiro atoms. The summed E-state index contributed by atoms with van der Waals surface area (Å²) in [5.74, 6) is 0.459. The Labute approximate surface area is 294 Å². The molecule has 1 fully saturated rings. The van der Waals surface area contributed by atoms with Gasteiger partial charge in [-0.25, -0.2) is 9.59 Å². The number of carbonyl (C=O) groups excluding carboxylic acids is 4. The number of hydrogen-bond donors (Lipinski definition) is 5. The van der Waals surface area contributed by atoms with Crippen molar-refractivity contribution in [3.63, 3.8) is 0 Å². The van der Waals surface area contributed by atoms with Crippen LogP contribution in [-0.2, 0) is 28.5 Å². The molecular weight excluding hydrogens is 656 g/mol. The van der Waals surface area contributed by atoms with Crippen LogP contribution < -0.4 is 26.0 Å². The Bertz CT molecular complexity index is 1220. The maximum atomic E-state index is 13.1. The molecule has 14 nitrogen and oxygen atoms in total. The Kier molecular flexibility index (Phi) is 16.4. The lowest BCUT2D eigenvalue weighted by Gasteiger charge is -2.41. The second kappa shape index (κ2) is 19.2. The van der Waals surface area contributed by atoms with Crippen LogP contribution in [0.5, 0.6) is 5.75 Å². The molecule has 15 heteroatoms. The van der Waals surface area contributed by atoms with Gasteiger partial charge in [-0.05, 0) is 66.5 Å². The average Bonchev–Trinajstić information content (AvgIpc) is 2.98. The Balaban J connectivity index is 1.77. The largest absolute Gasteiger partial charge is 0.497 e. The van der Waals surface area contributed by atoms with Crippen molar-refractivity contribution in [1.29, 1.82) is 0 Å². The highest BCUT2D eigenvalue weighted by Crippen LogP contribution is 2.37. The summed E-state index contributed by atoms with van der Waals surface area (Å²) in [6.45, 7) is 15.3. The van der Waals surface area contributed by atoms with Gasteiger partial charge in [0.1, 0.15) is 28.5 Å². The quantitative estimate of drug-likeness (QED) is 0.123. The molecule has 4 atom stereocenters. The highest BCUT2D eigenvalue weighted by molar-refractivity contribution is 7.99. The van der Waals surface area contributed by atoms with Crippen LogP contribution in [0, 0.1) is 5.41 Å². The minimum Gasteiger partial charge on any atom is -0.497 e. The first-order valence-corrected chi connectivity index (χ1v) is 17.6. The van der Waals surface area contributed by atoms with E-state index in [2.05, 4.69) is 21.3 Å². The summed E-state index contributed by atoms with van der Waals surface area (Å²) in [5, 5.41) is 21.8. The zero-order chi connectivity index (χ0) is 36.8. The molecule has 1 aliphatic rings. The summed E-state index contributed by atoms with van der Waals surface area (Å²) in [5.41, 5.74) is -2.17. The third-order valence-corrected chi connectivity index (χ3v) is 8.08. The fourth-order valence-corrected chi connectivity index (χ4v) is 5.50. The number of aliphatic hydroxyl groups excluding tert-OH is 1. The Morgan fingerprint density at radius 3 is 2.18 bits per heavy atom. The van der Waals surface area contributed by atoms with E-state index in [1.54, 1.807) is 60.8 Å². The molecule has 0 aliphatic carbocycles. The molecular formula is C34H56N4O10S. The van der Waals surface area contributed by atoms with Crippen LogP contribution in [0.1, 0.15) is 86.5 Å². The number of carbonyl (C=O) groups is 4. The molecule has 0 saturated carbocycles. The van der Waals surface area contributed by atoms with Gasteiger partial charge in [0.05, 0.1) is 19.8 Å². The van der Waals surface area contributed by atoms with E-state index in [9.17, 15) is 24.3 Å². The number of thioether (sulfide) groups is 1. The highest BCUT2D eigenvalue weighted by atomic mass is 32.2. The Morgan fingerprint density at radius 2 is 1.57 bits per heavy atom. The van der Waals surface area contributed by atoms with Gasteiger partial charge in [0, 0.05) is 42.8 Å². The summed E-state index contributed by atoms with van der Waals surface area (Å²) in [7, 11) is 1.58. The minimum atomic E-state index is -1.00. The van der Waals surface area contributed by atoms with E-state index in [-0.39, 0.29) is 37.9 Å². The van der Waals surface area contributed by atoms with Gasteiger partial charge in [-0.1, -0.05) is 26.0 Å². The van der Waals surface area contributed by atoms with Crippen molar-refractivity contribution < 1.29 is 48.0 Å². The van der Waals surface area contributed by atoms with E-state index >= 15 is 0 Å². The first kappa shape index (κ1) is 41.9. The molecule has 49 heavy (non-hydrogen) atoms. The number of aliphatic hydroxyl groups is 1. The molecule has 5 N–H and O–H groups in total. The van der Waals surface area contributed by atoms with Crippen LogP contribution in [-0.4, -0.2) is 97.0 Å². The van der Waals surface area contributed by atoms with Gasteiger partial charge in [-0.3, -0.25) is 9.59 Å². The van der Waals surface area contributed by atoms with Crippen LogP contribution in [0.3, 0.4) is 0 Å². The lowest BCUT2D eigenvalue weighted by molar-refractivity contribution is -0.258. The number of methoxy groups -OCH3 is 1. The highest BCUT2D eigenvalue weighted by Gasteiger charge is 2.43. The number of nitrogens with one attached hydrogen (secondary N) is 4. The number of benzene rings is 1. The number of ether oxygens (including phenoxy) is 5. The van der Waals surface area contributed by atoms with Gasteiger partial charge in [-0.2, -0.15) is 0 Å². The summed E-state index contributed by atoms with van der Waals surface area (Å²) < 4.78 is 27.7. The van der Waals surface area contributed by atoms with Crippen molar-refractivity contribution in [1.82, 2.24) is 21.3 Å². The smallest absolute Gasteiger partial charge is 0.407 e. The fourth-order valence-electron chi connectivity index (χ4n) is 4.60. The SMILES string of the molecule is COc1ccc(C2OCC(C)(C)C(C(=O)NCCC(=O)NCCSC(O)C(CCCNC(=O)OC(C)(C)C)NC(=O)OC(C)(C)C)O2)cc1. The van der Waals surface area contributed by atoms with Crippen LogP contribution in [0.4, 0.5) is 9.59 Å². The molecule has 1 aromatic rings. The topological polar surface area (TPSA) is 183 Å². The third kappa shape index (κ3) is 16.3. The molecule has 2 rings (SSSR count). The number of hydrogen-bond acceptors (Lipinski definition) is 11. The van der Waals surface area contributed by atoms with Gasteiger partial charge >= 0.3 is 12.2 Å². The second-order valence-electron chi connectivity index (χ2n) is 14.4. The molecule has 4 unspecified atom stereocenters. The number of alkyl carbamates (subject to hydrolysis) is 2. The van der Waals surface area contributed by atoms with Gasteiger partial charge in [-0.15, -0.1) is 11.8 Å². The van der Waals surface area contributed by atoms with Gasteiger partial charge < -0.3 is 50.1 Å². The normalized spacial score (nSPS) is 18.7. The first-order chi connectivity index (χ1) is 22.8. The predicted octanol–water partition coefficient (Wildman–Crippen LogP) is 4.01. The summed E-state index contributed by atoms with van der Waals surface area (Å²) >= 11 is 1.16. The summed E-state index contributed by atoms with van der Waals surface area (Å²) in [6, 6.07) is 6.56. The maximum absolute atomic E-state index is 13.1. The van der Waals surface area contributed by atoms with Crippen molar-refractivity contribution in [3.05, 3.63) is 29.8 Å². The predicted molar refractivity (Wildman–Crippen MR) is 186 cm³/mol. The molecule has 1 aromatic carbocycles. The van der Waals surface area contributed by atoms with Crippen molar-refractivity contribution in [2.45, 2.75) is 110 Å². The molecule has 0 aromatic heterocycles. The summed E-state index contributed by atoms with van der Waals surface area (Å²) in [4.78, 5) is 49.9. The molecule has 278 valence electrons. The van der Waals surface area contributed by atoms with Crippen LogP contribution in [0.2, 0.25) is 0 Å². The lowest BCUT2D eigenvalue weighted by atomic mass is 9.85. The number of amides is 4.